The number of aryl methyl sites for hydroxylation is 1. The van der Waals surface area contributed by atoms with E-state index >= 15 is 0 Å². The number of anilines is 1. The van der Waals surface area contributed by atoms with E-state index in [1.165, 1.54) is 11.0 Å². The second-order valence-corrected chi connectivity index (χ2v) is 8.57. The van der Waals surface area contributed by atoms with Crippen LogP contribution in [-0.4, -0.2) is 29.5 Å². The fraction of sp³-hybridized carbons (Fsp3) is 0.182. The molecule has 10 heteroatoms. The molecular weight excluding hydrogens is 443 g/mol. The lowest BCUT2D eigenvalue weighted by molar-refractivity contribution is -0.136. The van der Waals surface area contributed by atoms with Gasteiger partial charge in [-0.2, -0.15) is 17.9 Å². The van der Waals surface area contributed by atoms with Crippen molar-refractivity contribution in [1.29, 1.82) is 0 Å². The molecule has 6 nitrogen and oxygen atoms in total. The third kappa shape index (κ3) is 4.11. The molecule has 1 atom stereocenters. The molecular formula is C22H18F3N3O3S. The Morgan fingerprint density at radius 3 is 2.59 bits per heavy atom. The van der Waals surface area contributed by atoms with E-state index in [0.29, 0.717) is 11.2 Å². The van der Waals surface area contributed by atoms with E-state index in [4.69, 9.17) is 4.42 Å². The fourth-order valence-electron chi connectivity index (χ4n) is 3.29. The minimum absolute atomic E-state index is 0.0955. The van der Waals surface area contributed by atoms with Crippen LogP contribution in [0.3, 0.4) is 0 Å². The summed E-state index contributed by atoms with van der Waals surface area (Å²) < 4.78 is 61.3. The number of amides is 1. The number of rotatable bonds is 4. The van der Waals surface area contributed by atoms with Crippen LogP contribution in [-0.2, 0) is 17.5 Å². The van der Waals surface area contributed by atoms with Gasteiger partial charge in [-0.3, -0.25) is 4.79 Å². The molecule has 0 bridgehead atoms. The minimum Gasteiger partial charge on any atom is -0.588 e. The number of fused-ring (bicyclic) bond motifs is 2. The molecule has 4 rings (SSSR count). The number of alkyl halides is 3. The molecule has 0 fully saturated rings. The largest absolute Gasteiger partial charge is 0.588 e. The summed E-state index contributed by atoms with van der Waals surface area (Å²) in [5.41, 5.74) is 0.429. The summed E-state index contributed by atoms with van der Waals surface area (Å²) in [4.78, 5) is 18.8. The molecule has 1 unspecified atom stereocenters. The Morgan fingerprint density at radius 2 is 1.91 bits per heavy atom. The Kier molecular flexibility index (Phi) is 5.51. The Hall–Kier alpha value is -3.24. The van der Waals surface area contributed by atoms with Crippen molar-refractivity contribution in [2.45, 2.75) is 18.0 Å². The monoisotopic (exact) mass is 461 g/mol. The van der Waals surface area contributed by atoms with Gasteiger partial charge in [-0.15, -0.1) is 0 Å². The summed E-state index contributed by atoms with van der Waals surface area (Å²) in [5, 5.41) is 0.493. The maximum Gasteiger partial charge on any atom is 0.417 e. The lowest BCUT2D eigenvalue weighted by Gasteiger charge is -2.15. The van der Waals surface area contributed by atoms with Crippen LogP contribution in [0, 0.1) is 6.92 Å². The van der Waals surface area contributed by atoms with Gasteiger partial charge in [0.1, 0.15) is 22.5 Å². The van der Waals surface area contributed by atoms with Gasteiger partial charge in [0.05, 0.1) is 5.56 Å². The molecule has 0 aliphatic carbocycles. The highest BCUT2D eigenvalue weighted by Gasteiger charge is 2.35. The van der Waals surface area contributed by atoms with E-state index < -0.39 is 29.0 Å². The first kappa shape index (κ1) is 22.0. The second-order valence-electron chi connectivity index (χ2n) is 7.39. The summed E-state index contributed by atoms with van der Waals surface area (Å²) in [6, 6.07) is 12.1. The highest BCUT2D eigenvalue weighted by Crippen LogP contribution is 2.39. The third-order valence-electron chi connectivity index (χ3n) is 4.88. The van der Waals surface area contributed by atoms with Crippen molar-refractivity contribution in [1.82, 2.24) is 9.71 Å². The van der Waals surface area contributed by atoms with Gasteiger partial charge in [0.15, 0.2) is 5.76 Å². The fourth-order valence-corrected chi connectivity index (χ4v) is 4.21. The van der Waals surface area contributed by atoms with Crippen molar-refractivity contribution in [3.63, 3.8) is 0 Å². The van der Waals surface area contributed by atoms with Crippen LogP contribution in [0.15, 0.2) is 57.8 Å². The Morgan fingerprint density at radius 1 is 1.16 bits per heavy atom. The number of carbonyl (C=O) groups is 1. The first-order valence-electron chi connectivity index (χ1n) is 9.46. The Labute approximate surface area is 184 Å². The van der Waals surface area contributed by atoms with Gasteiger partial charge in [-0.05, 0) is 31.2 Å². The van der Waals surface area contributed by atoms with E-state index in [1.807, 2.05) is 12.1 Å². The number of hydrogen-bond acceptors (Lipinski definition) is 5. The Bertz CT molecular complexity index is 1330. The number of aromatic nitrogens is 1. The average molecular weight is 461 g/mol. The highest BCUT2D eigenvalue weighted by molar-refractivity contribution is 7.90. The molecule has 0 aliphatic heterocycles. The van der Waals surface area contributed by atoms with Crippen LogP contribution >= 0.6 is 0 Å². The van der Waals surface area contributed by atoms with Crippen LogP contribution in [0.4, 0.5) is 18.9 Å². The number of benzene rings is 2. The molecule has 0 radical (unpaired) electrons. The smallest absolute Gasteiger partial charge is 0.417 e. The molecule has 0 saturated carbocycles. The van der Waals surface area contributed by atoms with E-state index in [2.05, 4.69) is 9.71 Å². The molecule has 166 valence electrons. The molecule has 4 aromatic rings. The molecule has 2 aromatic heterocycles. The molecule has 0 aliphatic rings. The predicted molar refractivity (Wildman–Crippen MR) is 116 cm³/mol. The van der Waals surface area contributed by atoms with Gasteiger partial charge in [-0.25, -0.2) is 4.98 Å². The Balaban J connectivity index is 1.70. The van der Waals surface area contributed by atoms with Gasteiger partial charge in [0, 0.05) is 42.3 Å². The maximum absolute atomic E-state index is 13.6. The lowest BCUT2D eigenvalue weighted by Crippen LogP contribution is -2.30. The molecule has 2 heterocycles. The van der Waals surface area contributed by atoms with E-state index in [1.54, 1.807) is 39.2 Å². The van der Waals surface area contributed by atoms with Crippen molar-refractivity contribution in [2.75, 3.05) is 19.0 Å². The first-order chi connectivity index (χ1) is 15.0. The van der Waals surface area contributed by atoms with Crippen molar-refractivity contribution in [2.24, 2.45) is 0 Å². The van der Waals surface area contributed by atoms with Crippen molar-refractivity contribution in [3.8, 4) is 0 Å². The molecule has 2 aromatic carbocycles. The summed E-state index contributed by atoms with van der Waals surface area (Å²) >= 11 is -2.01. The van der Waals surface area contributed by atoms with Crippen molar-refractivity contribution < 1.29 is 26.9 Å². The van der Waals surface area contributed by atoms with E-state index in [0.717, 1.165) is 17.5 Å². The topological polar surface area (TPSA) is 81.4 Å². The van der Waals surface area contributed by atoms with Crippen molar-refractivity contribution in [3.05, 3.63) is 65.5 Å². The quantitative estimate of drug-likeness (QED) is 0.441. The normalized spacial score (nSPS) is 12.8. The van der Waals surface area contributed by atoms with Gasteiger partial charge < -0.3 is 13.9 Å². The third-order valence-corrected chi connectivity index (χ3v) is 5.98. The molecule has 1 amide bonds. The number of halogens is 3. The summed E-state index contributed by atoms with van der Waals surface area (Å²) in [6.45, 7) is 1.78. The number of para-hydroxylation sites is 1. The van der Waals surface area contributed by atoms with Crippen molar-refractivity contribution >= 4 is 44.8 Å². The maximum atomic E-state index is 13.6. The predicted octanol–water partition coefficient (Wildman–Crippen LogP) is 4.83. The molecule has 1 N–H and O–H groups in total. The van der Waals surface area contributed by atoms with E-state index in [9.17, 15) is 22.5 Å². The molecule has 32 heavy (non-hydrogen) atoms. The van der Waals surface area contributed by atoms with Crippen LogP contribution < -0.4 is 9.62 Å². The van der Waals surface area contributed by atoms with E-state index in [-0.39, 0.29) is 27.3 Å². The lowest BCUT2D eigenvalue weighted by atomic mass is 10.1. The standard InChI is InChI=1S/C22H18F3N3O3S/c1-12-7-8-13-5-4-6-19(20(13)26-12)32(30)27-21(29)18-11-15-16(22(23,24)25)9-14(28(2)3)10-17(15)31-18/h4-11H,1-3H3,(H,27,29). The summed E-state index contributed by atoms with van der Waals surface area (Å²) in [5.74, 6) is -1.28. The summed E-state index contributed by atoms with van der Waals surface area (Å²) in [7, 11) is 3.20. The van der Waals surface area contributed by atoms with Gasteiger partial charge in [0.2, 0.25) is 4.90 Å². The van der Waals surface area contributed by atoms with Gasteiger partial charge in [0.25, 0.3) is 0 Å². The summed E-state index contributed by atoms with van der Waals surface area (Å²) in [6.07, 6.45) is -4.64. The highest BCUT2D eigenvalue weighted by atomic mass is 32.2. The van der Waals surface area contributed by atoms with Crippen LogP contribution in [0.5, 0.6) is 0 Å². The molecule has 0 saturated heterocycles. The van der Waals surface area contributed by atoms with Crippen LogP contribution in [0.25, 0.3) is 21.9 Å². The number of pyridine rings is 1. The zero-order valence-electron chi connectivity index (χ0n) is 17.3. The number of nitrogens with one attached hydrogen (secondary N) is 1. The zero-order chi connectivity index (χ0) is 23.2. The van der Waals surface area contributed by atoms with Gasteiger partial charge in [-0.1, -0.05) is 18.2 Å². The molecule has 0 spiro atoms. The number of nitrogens with zero attached hydrogens (tertiary/aromatic N) is 2. The average Bonchev–Trinajstić information content (AvgIpc) is 3.15. The first-order valence-corrected chi connectivity index (χ1v) is 10.6. The second kappa shape index (κ2) is 8.03. The van der Waals surface area contributed by atoms with Gasteiger partial charge >= 0.3 is 12.1 Å². The minimum atomic E-state index is -4.64. The zero-order valence-corrected chi connectivity index (χ0v) is 18.1. The van der Waals surface area contributed by atoms with Crippen LogP contribution in [0.1, 0.15) is 21.8 Å². The number of hydrogen-bond donors (Lipinski definition) is 1. The SMILES string of the molecule is Cc1ccc2cccc([S+]([O-])NC(=O)c3cc4c(C(F)(F)F)cc(N(C)C)cc4o3)c2n1. The number of carbonyl (C=O) groups excluding carboxylic acids is 1. The number of furan rings is 1. The van der Waals surface area contributed by atoms with Crippen LogP contribution in [0.2, 0.25) is 0 Å².